The first-order valence-electron chi connectivity index (χ1n) is 6.80. The normalized spacial score (nSPS) is 11.0. The Kier molecular flexibility index (Phi) is 4.93. The molecule has 0 heterocycles. The van der Waals surface area contributed by atoms with Crippen LogP contribution in [0.2, 0.25) is 0 Å². The van der Waals surface area contributed by atoms with E-state index in [9.17, 15) is 8.78 Å². The molecule has 0 saturated heterocycles. The Balaban J connectivity index is 2.49. The van der Waals surface area contributed by atoms with Crippen LogP contribution in [0.25, 0.3) is 0 Å². The largest absolute Gasteiger partial charge is 0.493 e. The van der Waals surface area contributed by atoms with Crippen LogP contribution in [-0.4, -0.2) is 28.4 Å². The van der Waals surface area contributed by atoms with Crippen LogP contribution >= 0.6 is 0 Å². The molecule has 6 heteroatoms. The summed E-state index contributed by atoms with van der Waals surface area (Å²) < 4.78 is 49.9. The average Bonchev–Trinajstić information content (AvgIpc) is 2.60. The summed E-state index contributed by atoms with van der Waals surface area (Å²) in [6, 6.07) is 8.02. The Bertz CT molecular complexity index is 629. The van der Waals surface area contributed by atoms with Crippen molar-refractivity contribution in [1.29, 1.82) is 0 Å². The first kappa shape index (κ1) is 16.9. The molecular formula is C17H18F2O4. The predicted molar refractivity (Wildman–Crippen MR) is 82.1 cm³/mol. The minimum absolute atomic E-state index is 0.206. The van der Waals surface area contributed by atoms with Crippen LogP contribution in [0.3, 0.4) is 0 Å². The van der Waals surface area contributed by atoms with Crippen molar-refractivity contribution in [3.8, 4) is 23.0 Å². The first-order valence-corrected chi connectivity index (χ1v) is 6.80. The quantitative estimate of drug-likeness (QED) is 0.808. The molecule has 2 aromatic rings. The summed E-state index contributed by atoms with van der Waals surface area (Å²) in [6.45, 7) is 0. The molecule has 0 aliphatic heterocycles. The molecule has 124 valence electrons. The van der Waals surface area contributed by atoms with Gasteiger partial charge >= 0.3 is 0 Å². The Labute approximate surface area is 133 Å². The van der Waals surface area contributed by atoms with E-state index in [2.05, 4.69) is 0 Å². The zero-order valence-electron chi connectivity index (χ0n) is 13.4. The van der Waals surface area contributed by atoms with Crippen LogP contribution < -0.4 is 18.9 Å². The van der Waals surface area contributed by atoms with Crippen LogP contribution in [-0.2, 0) is 5.92 Å². The van der Waals surface area contributed by atoms with E-state index < -0.39 is 5.92 Å². The Hall–Kier alpha value is -2.50. The fraction of sp³-hybridized carbons (Fsp3) is 0.294. The summed E-state index contributed by atoms with van der Waals surface area (Å²) in [4.78, 5) is 0. The summed E-state index contributed by atoms with van der Waals surface area (Å²) in [6.07, 6.45) is 0. The zero-order chi connectivity index (χ0) is 17.0. The number of hydrogen-bond donors (Lipinski definition) is 0. The minimum atomic E-state index is -3.22. The van der Waals surface area contributed by atoms with Crippen LogP contribution in [0.1, 0.15) is 11.1 Å². The van der Waals surface area contributed by atoms with Crippen molar-refractivity contribution in [3.05, 3.63) is 47.5 Å². The smallest absolute Gasteiger partial charge is 0.298 e. The molecule has 0 atom stereocenters. The van der Waals surface area contributed by atoms with Crippen molar-refractivity contribution in [3.63, 3.8) is 0 Å². The minimum Gasteiger partial charge on any atom is -0.493 e. The third kappa shape index (κ3) is 3.16. The van der Waals surface area contributed by atoms with Gasteiger partial charge in [0.1, 0.15) is 0 Å². The van der Waals surface area contributed by atoms with E-state index in [0.717, 1.165) is 0 Å². The van der Waals surface area contributed by atoms with Crippen LogP contribution in [0, 0.1) is 0 Å². The second-order valence-corrected chi connectivity index (χ2v) is 4.71. The summed E-state index contributed by atoms with van der Waals surface area (Å²) in [5, 5.41) is 0. The number of alkyl halides is 2. The molecule has 4 nitrogen and oxygen atoms in total. The first-order chi connectivity index (χ1) is 11.0. The van der Waals surface area contributed by atoms with E-state index in [1.165, 1.54) is 64.8 Å². The summed E-state index contributed by atoms with van der Waals surface area (Å²) >= 11 is 0. The van der Waals surface area contributed by atoms with Crippen molar-refractivity contribution in [1.82, 2.24) is 0 Å². The van der Waals surface area contributed by atoms with Crippen LogP contribution in [0.5, 0.6) is 23.0 Å². The zero-order valence-corrected chi connectivity index (χ0v) is 13.4. The van der Waals surface area contributed by atoms with E-state index >= 15 is 0 Å². The van der Waals surface area contributed by atoms with Gasteiger partial charge in [-0.15, -0.1) is 0 Å². The molecule has 0 saturated carbocycles. The maximum atomic E-state index is 14.8. The Morgan fingerprint density at radius 2 is 0.957 bits per heavy atom. The molecule has 0 spiro atoms. The van der Waals surface area contributed by atoms with E-state index in [1.54, 1.807) is 0 Å². The number of benzene rings is 2. The highest BCUT2D eigenvalue weighted by atomic mass is 19.3. The van der Waals surface area contributed by atoms with Gasteiger partial charge in [0.25, 0.3) is 5.92 Å². The van der Waals surface area contributed by atoms with E-state index in [-0.39, 0.29) is 22.6 Å². The second kappa shape index (κ2) is 6.73. The van der Waals surface area contributed by atoms with Crippen molar-refractivity contribution in [2.45, 2.75) is 5.92 Å². The van der Waals surface area contributed by atoms with Crippen LogP contribution in [0.4, 0.5) is 8.78 Å². The summed E-state index contributed by atoms with van der Waals surface area (Å²) in [5.41, 5.74) is -0.412. The predicted octanol–water partition coefficient (Wildman–Crippen LogP) is 3.86. The van der Waals surface area contributed by atoms with E-state index in [1.807, 2.05) is 0 Å². The molecule has 0 bridgehead atoms. The lowest BCUT2D eigenvalue weighted by atomic mass is 9.99. The fourth-order valence-electron chi connectivity index (χ4n) is 2.23. The van der Waals surface area contributed by atoms with Gasteiger partial charge in [-0.1, -0.05) is 0 Å². The highest BCUT2D eigenvalue weighted by Crippen LogP contribution is 2.42. The van der Waals surface area contributed by atoms with Gasteiger partial charge in [-0.05, 0) is 36.4 Å². The number of rotatable bonds is 6. The number of halogens is 2. The van der Waals surface area contributed by atoms with Gasteiger partial charge in [-0.2, -0.15) is 8.78 Å². The van der Waals surface area contributed by atoms with Crippen LogP contribution in [0.15, 0.2) is 36.4 Å². The number of hydrogen-bond acceptors (Lipinski definition) is 4. The highest BCUT2D eigenvalue weighted by Gasteiger charge is 2.35. The monoisotopic (exact) mass is 324 g/mol. The third-order valence-corrected chi connectivity index (χ3v) is 3.49. The highest BCUT2D eigenvalue weighted by molar-refractivity contribution is 5.49. The van der Waals surface area contributed by atoms with Crippen molar-refractivity contribution >= 4 is 0 Å². The molecule has 0 N–H and O–H groups in total. The number of methoxy groups -OCH3 is 4. The molecule has 0 radical (unpaired) electrons. The second-order valence-electron chi connectivity index (χ2n) is 4.71. The molecule has 2 aromatic carbocycles. The topological polar surface area (TPSA) is 36.9 Å². The number of ether oxygens (including phenoxy) is 4. The Morgan fingerprint density at radius 3 is 1.26 bits per heavy atom. The van der Waals surface area contributed by atoms with Gasteiger partial charge in [0.2, 0.25) is 0 Å². The van der Waals surface area contributed by atoms with Gasteiger partial charge in [0, 0.05) is 11.1 Å². The van der Waals surface area contributed by atoms with Gasteiger partial charge in [0.05, 0.1) is 28.4 Å². The van der Waals surface area contributed by atoms with Gasteiger partial charge < -0.3 is 18.9 Å². The molecule has 0 aromatic heterocycles. The maximum Gasteiger partial charge on any atom is 0.298 e. The molecule has 2 rings (SSSR count). The maximum absolute atomic E-state index is 14.8. The fourth-order valence-corrected chi connectivity index (χ4v) is 2.23. The molecule has 0 amide bonds. The van der Waals surface area contributed by atoms with Gasteiger partial charge in [-0.3, -0.25) is 0 Å². The van der Waals surface area contributed by atoms with E-state index in [0.29, 0.717) is 11.5 Å². The summed E-state index contributed by atoms with van der Waals surface area (Å²) in [7, 11) is 5.69. The van der Waals surface area contributed by atoms with Crippen molar-refractivity contribution < 1.29 is 27.7 Å². The van der Waals surface area contributed by atoms with Gasteiger partial charge in [-0.25, -0.2) is 0 Å². The molecule has 0 aliphatic carbocycles. The SMILES string of the molecule is COc1ccc(C(F)(F)c2ccc(OC)c(OC)c2)cc1OC. The lowest BCUT2D eigenvalue weighted by molar-refractivity contribution is 0.0422. The lowest BCUT2D eigenvalue weighted by Crippen LogP contribution is -2.15. The van der Waals surface area contributed by atoms with Gasteiger partial charge in [0.15, 0.2) is 23.0 Å². The molecule has 0 aliphatic rings. The Morgan fingerprint density at radius 1 is 0.609 bits per heavy atom. The molecule has 0 fully saturated rings. The molecule has 0 unspecified atom stereocenters. The molecular weight excluding hydrogens is 306 g/mol. The molecule has 23 heavy (non-hydrogen) atoms. The van der Waals surface area contributed by atoms with Crippen molar-refractivity contribution in [2.24, 2.45) is 0 Å². The summed E-state index contributed by atoms with van der Waals surface area (Å²) in [5.74, 6) is -1.96. The standard InChI is InChI=1S/C17H18F2O4/c1-20-13-7-5-11(9-15(13)22-3)17(18,19)12-6-8-14(21-2)16(10-12)23-4/h5-10H,1-4H3. The lowest BCUT2D eigenvalue weighted by Gasteiger charge is -2.20. The van der Waals surface area contributed by atoms with E-state index in [4.69, 9.17) is 18.9 Å². The average molecular weight is 324 g/mol. The third-order valence-electron chi connectivity index (χ3n) is 3.49. The van der Waals surface area contributed by atoms with Crippen molar-refractivity contribution in [2.75, 3.05) is 28.4 Å².